The van der Waals surface area contributed by atoms with Crippen molar-refractivity contribution in [2.24, 2.45) is 0 Å². The zero-order valence-electron chi connectivity index (χ0n) is 4.46. The number of carbonyl (C=O) groups is 1. The van der Waals surface area contributed by atoms with Crippen molar-refractivity contribution in [2.75, 3.05) is 6.54 Å². The fourth-order valence-electron chi connectivity index (χ4n) is 0.567. The highest BCUT2D eigenvalue weighted by atomic mass is 32.2. The molecule has 50 valence electrons. The highest BCUT2D eigenvalue weighted by Gasteiger charge is 2.18. The molecule has 1 heterocycles. The summed E-state index contributed by atoms with van der Waals surface area (Å²) in [5, 5.41) is 2.37. The Labute approximate surface area is 54.2 Å². The summed E-state index contributed by atoms with van der Waals surface area (Å²) in [6, 6.07) is 0. The largest absolute Gasteiger partial charge is 0.348 e. The lowest BCUT2D eigenvalue weighted by Crippen LogP contribution is -2.18. The molecule has 0 radical (unpaired) electrons. The van der Waals surface area contributed by atoms with Gasteiger partial charge in [-0.15, -0.1) is 0 Å². The quantitative estimate of drug-likeness (QED) is 0.478. The molecule has 0 fully saturated rings. The fraction of sp³-hybridized carbons (Fsp3) is 0.250. The van der Waals surface area contributed by atoms with E-state index in [2.05, 4.69) is 5.32 Å². The molecule has 0 aromatic rings. The number of hydrogen-bond acceptors (Lipinski definition) is 2. The minimum absolute atomic E-state index is 0.0463. The Balaban J connectivity index is 2.80. The number of amides is 1. The maximum Gasteiger partial charge on any atom is 0.262 e. The molecule has 2 N–H and O–H groups in total. The van der Waals surface area contributed by atoms with Gasteiger partial charge in [-0.05, 0) is 6.08 Å². The van der Waals surface area contributed by atoms with Crippen LogP contribution in [0.2, 0.25) is 0 Å². The third-order valence-electron chi connectivity index (χ3n) is 0.962. The van der Waals surface area contributed by atoms with Crippen molar-refractivity contribution in [3.05, 3.63) is 11.0 Å². The zero-order valence-corrected chi connectivity index (χ0v) is 5.27. The average molecular weight is 147 g/mol. The molecule has 0 aliphatic carbocycles. The van der Waals surface area contributed by atoms with Crippen molar-refractivity contribution in [1.29, 1.82) is 0 Å². The van der Waals surface area contributed by atoms with E-state index >= 15 is 0 Å². The minimum atomic E-state index is -2.12. The Morgan fingerprint density at radius 1 is 1.78 bits per heavy atom. The summed E-state index contributed by atoms with van der Waals surface area (Å²) < 4.78 is 18.6. The van der Waals surface area contributed by atoms with Gasteiger partial charge in [0.05, 0.1) is 0 Å². The molecule has 1 atom stereocenters. The third-order valence-corrected chi connectivity index (χ3v) is 1.69. The van der Waals surface area contributed by atoms with E-state index in [-0.39, 0.29) is 4.91 Å². The van der Waals surface area contributed by atoms with Crippen LogP contribution in [0.4, 0.5) is 0 Å². The van der Waals surface area contributed by atoms with Crippen LogP contribution < -0.4 is 5.32 Å². The van der Waals surface area contributed by atoms with Gasteiger partial charge >= 0.3 is 0 Å². The third kappa shape index (κ3) is 1.17. The van der Waals surface area contributed by atoms with Crippen LogP contribution in [0, 0.1) is 0 Å². The van der Waals surface area contributed by atoms with Crippen molar-refractivity contribution in [1.82, 2.24) is 5.32 Å². The first kappa shape index (κ1) is 6.44. The first-order valence-corrected chi connectivity index (χ1v) is 3.41. The molecule has 9 heavy (non-hydrogen) atoms. The molecule has 1 rings (SSSR count). The molecule has 1 amide bonds. The molecule has 5 heteroatoms. The second-order valence-corrected chi connectivity index (χ2v) is 2.47. The van der Waals surface area contributed by atoms with Crippen molar-refractivity contribution in [2.45, 2.75) is 0 Å². The summed E-state index contributed by atoms with van der Waals surface area (Å²) in [6.07, 6.45) is 1.40. The molecule has 1 unspecified atom stereocenters. The second kappa shape index (κ2) is 2.28. The highest BCUT2D eigenvalue weighted by molar-refractivity contribution is 7.84. The second-order valence-electron chi connectivity index (χ2n) is 1.53. The van der Waals surface area contributed by atoms with E-state index in [1.807, 2.05) is 0 Å². The van der Waals surface area contributed by atoms with Crippen molar-refractivity contribution < 1.29 is 13.6 Å². The van der Waals surface area contributed by atoms with Gasteiger partial charge in [0.25, 0.3) is 5.91 Å². The first-order valence-electron chi connectivity index (χ1n) is 2.31. The highest BCUT2D eigenvalue weighted by Crippen LogP contribution is 2.02. The van der Waals surface area contributed by atoms with Crippen molar-refractivity contribution >= 4 is 17.0 Å². The molecule has 0 saturated heterocycles. The van der Waals surface area contributed by atoms with E-state index in [1.54, 1.807) is 0 Å². The first-order chi connectivity index (χ1) is 4.22. The zero-order chi connectivity index (χ0) is 6.85. The van der Waals surface area contributed by atoms with Crippen LogP contribution in [0.1, 0.15) is 0 Å². The summed E-state index contributed by atoms with van der Waals surface area (Å²) in [7, 11) is 0. The van der Waals surface area contributed by atoms with Gasteiger partial charge in [0, 0.05) is 6.54 Å². The topological polar surface area (TPSA) is 66.4 Å². The van der Waals surface area contributed by atoms with E-state index < -0.39 is 17.0 Å². The number of rotatable bonds is 1. The van der Waals surface area contributed by atoms with E-state index in [9.17, 15) is 9.00 Å². The molecule has 1 aliphatic rings. The Morgan fingerprint density at radius 3 is 2.67 bits per heavy atom. The van der Waals surface area contributed by atoms with Gasteiger partial charge in [-0.2, -0.15) is 0 Å². The predicted octanol–water partition coefficient (Wildman–Crippen LogP) is -0.778. The maximum absolute atomic E-state index is 10.5. The van der Waals surface area contributed by atoms with Crippen LogP contribution >= 0.6 is 0 Å². The monoisotopic (exact) mass is 147 g/mol. The Kier molecular flexibility index (Phi) is 1.63. The van der Waals surface area contributed by atoms with Crippen LogP contribution in [-0.4, -0.2) is 21.2 Å². The standard InChI is InChI=1S/C4H5NO3S/c6-4-3(9(7)8)1-2-5-4/h1H,2H2,(H,5,6)(H,7,8). The average Bonchev–Trinajstić information content (AvgIpc) is 2.13. The van der Waals surface area contributed by atoms with Crippen molar-refractivity contribution in [3.8, 4) is 0 Å². The molecular weight excluding hydrogens is 142 g/mol. The number of carbonyl (C=O) groups excluding carboxylic acids is 1. The Hall–Kier alpha value is -0.680. The van der Waals surface area contributed by atoms with Gasteiger partial charge in [-0.25, -0.2) is 4.21 Å². The molecular formula is C4H5NO3S. The van der Waals surface area contributed by atoms with Crippen LogP contribution in [0.25, 0.3) is 0 Å². The van der Waals surface area contributed by atoms with Crippen LogP contribution in [0.3, 0.4) is 0 Å². The summed E-state index contributed by atoms with van der Waals surface area (Å²) >= 11 is -2.12. The van der Waals surface area contributed by atoms with E-state index in [0.29, 0.717) is 6.54 Å². The summed E-state index contributed by atoms with van der Waals surface area (Å²) in [5.41, 5.74) is 0. The summed E-state index contributed by atoms with van der Waals surface area (Å²) in [6.45, 7) is 0.362. The van der Waals surface area contributed by atoms with Gasteiger partial charge in [0.2, 0.25) is 0 Å². The lowest BCUT2D eigenvalue weighted by atomic mass is 10.6. The molecule has 0 spiro atoms. The smallest absolute Gasteiger partial charge is 0.262 e. The summed E-state index contributed by atoms with van der Waals surface area (Å²) in [5.74, 6) is -0.448. The fourth-order valence-corrected chi connectivity index (χ4v) is 1.02. The maximum atomic E-state index is 10.5. The van der Waals surface area contributed by atoms with Crippen LogP contribution in [0.5, 0.6) is 0 Å². The van der Waals surface area contributed by atoms with Gasteiger partial charge in [0.1, 0.15) is 4.91 Å². The van der Waals surface area contributed by atoms with Gasteiger partial charge in [-0.1, -0.05) is 0 Å². The number of nitrogens with one attached hydrogen (secondary N) is 1. The molecule has 0 aromatic heterocycles. The predicted molar refractivity (Wildman–Crippen MR) is 31.9 cm³/mol. The lowest BCUT2D eigenvalue weighted by molar-refractivity contribution is -0.116. The van der Waals surface area contributed by atoms with E-state index in [1.165, 1.54) is 6.08 Å². The van der Waals surface area contributed by atoms with E-state index in [4.69, 9.17) is 4.55 Å². The van der Waals surface area contributed by atoms with E-state index in [0.717, 1.165) is 0 Å². The molecule has 4 nitrogen and oxygen atoms in total. The SMILES string of the molecule is O=C1NCC=C1S(=O)O. The molecule has 0 bridgehead atoms. The molecule has 0 saturated carbocycles. The molecule has 0 aromatic carbocycles. The lowest BCUT2D eigenvalue weighted by Gasteiger charge is -1.89. The van der Waals surface area contributed by atoms with Crippen molar-refractivity contribution in [3.63, 3.8) is 0 Å². The van der Waals surface area contributed by atoms with Gasteiger partial charge in [0.15, 0.2) is 11.1 Å². The number of hydrogen-bond donors (Lipinski definition) is 2. The Morgan fingerprint density at radius 2 is 2.44 bits per heavy atom. The summed E-state index contributed by atoms with van der Waals surface area (Å²) in [4.78, 5) is 10.4. The van der Waals surface area contributed by atoms with Gasteiger partial charge in [-0.3, -0.25) is 4.79 Å². The van der Waals surface area contributed by atoms with Crippen LogP contribution in [0.15, 0.2) is 11.0 Å². The molecule has 1 aliphatic heterocycles. The van der Waals surface area contributed by atoms with Crippen LogP contribution in [-0.2, 0) is 15.9 Å². The van der Waals surface area contributed by atoms with Gasteiger partial charge < -0.3 is 9.87 Å². The Bertz CT molecular complexity index is 198. The minimum Gasteiger partial charge on any atom is -0.348 e. The normalized spacial score (nSPS) is 21.0.